The van der Waals surface area contributed by atoms with Crippen LogP contribution in [-0.4, -0.2) is 64.6 Å². The predicted molar refractivity (Wildman–Crippen MR) is 76.7 cm³/mol. The summed E-state index contributed by atoms with van der Waals surface area (Å²) in [6.45, 7) is 4.01. The van der Waals surface area contributed by atoms with Crippen molar-refractivity contribution in [1.29, 1.82) is 0 Å². The van der Waals surface area contributed by atoms with Crippen LogP contribution in [-0.2, 0) is 9.59 Å². The van der Waals surface area contributed by atoms with Crippen molar-refractivity contribution >= 4 is 29.7 Å². The van der Waals surface area contributed by atoms with E-state index in [1.807, 2.05) is 6.26 Å². The van der Waals surface area contributed by atoms with Crippen LogP contribution in [0.4, 0.5) is 4.79 Å². The average Bonchev–Trinajstić information content (AvgIpc) is 2.37. The third-order valence-electron chi connectivity index (χ3n) is 3.30. The Labute approximate surface area is 122 Å². The number of carboxylic acid groups (broad SMARTS) is 1. The minimum atomic E-state index is -1.06. The van der Waals surface area contributed by atoms with Gasteiger partial charge in [0.1, 0.15) is 11.6 Å². The van der Waals surface area contributed by atoms with Crippen molar-refractivity contribution in [2.24, 2.45) is 0 Å². The summed E-state index contributed by atoms with van der Waals surface area (Å²) in [5.74, 6) is -0.664. The number of rotatable bonds is 5. The number of hydrogen-bond donors (Lipinski definition) is 3. The molecule has 0 radical (unpaired) electrons. The Hall–Kier alpha value is -1.44. The van der Waals surface area contributed by atoms with E-state index in [-0.39, 0.29) is 5.91 Å². The Morgan fingerprint density at radius 1 is 1.55 bits per heavy atom. The molecular weight excluding hydrogens is 282 g/mol. The lowest BCUT2D eigenvalue weighted by atomic mass is 9.99. The first-order chi connectivity index (χ1) is 9.30. The van der Waals surface area contributed by atoms with Crippen LogP contribution in [0.2, 0.25) is 0 Å². The van der Waals surface area contributed by atoms with Gasteiger partial charge in [0.15, 0.2) is 0 Å². The van der Waals surface area contributed by atoms with Gasteiger partial charge in [-0.15, -0.1) is 0 Å². The highest BCUT2D eigenvalue weighted by atomic mass is 32.2. The molecule has 1 aliphatic rings. The number of thioether (sulfide) groups is 1. The molecule has 1 atom stereocenters. The maximum Gasteiger partial charge on any atom is 0.326 e. The zero-order chi connectivity index (χ0) is 15.3. The van der Waals surface area contributed by atoms with Gasteiger partial charge in [-0.25, -0.2) is 9.59 Å². The largest absolute Gasteiger partial charge is 0.480 e. The Balaban J connectivity index is 2.72. The van der Waals surface area contributed by atoms with E-state index >= 15 is 0 Å². The third-order valence-corrected chi connectivity index (χ3v) is 3.95. The number of carboxylic acids is 1. The van der Waals surface area contributed by atoms with Crippen molar-refractivity contribution < 1.29 is 19.5 Å². The molecule has 3 N–H and O–H groups in total. The molecule has 1 unspecified atom stereocenters. The summed E-state index contributed by atoms with van der Waals surface area (Å²) >= 11 is 1.52. The lowest BCUT2D eigenvalue weighted by molar-refractivity contribution is -0.139. The Morgan fingerprint density at radius 3 is 2.75 bits per heavy atom. The van der Waals surface area contributed by atoms with E-state index in [0.29, 0.717) is 25.3 Å². The summed E-state index contributed by atoms with van der Waals surface area (Å²) in [4.78, 5) is 36.5. The molecule has 0 aliphatic carbocycles. The van der Waals surface area contributed by atoms with Crippen molar-refractivity contribution in [2.75, 3.05) is 25.1 Å². The molecule has 0 aromatic heterocycles. The molecule has 7 nitrogen and oxygen atoms in total. The van der Waals surface area contributed by atoms with Crippen LogP contribution in [0.3, 0.4) is 0 Å². The second-order valence-corrected chi connectivity index (χ2v) is 6.07. The van der Waals surface area contributed by atoms with Gasteiger partial charge >= 0.3 is 12.0 Å². The van der Waals surface area contributed by atoms with Gasteiger partial charge in [-0.3, -0.25) is 4.79 Å². The fourth-order valence-corrected chi connectivity index (χ4v) is 2.45. The topological polar surface area (TPSA) is 98.7 Å². The lowest BCUT2D eigenvalue weighted by Crippen LogP contribution is -2.66. The molecule has 1 fully saturated rings. The Morgan fingerprint density at radius 2 is 2.20 bits per heavy atom. The molecule has 3 amide bonds. The zero-order valence-electron chi connectivity index (χ0n) is 11.9. The van der Waals surface area contributed by atoms with Crippen molar-refractivity contribution in [3.8, 4) is 0 Å². The van der Waals surface area contributed by atoms with E-state index in [2.05, 4.69) is 10.6 Å². The van der Waals surface area contributed by atoms with Gasteiger partial charge in [0.2, 0.25) is 5.91 Å². The quantitative estimate of drug-likeness (QED) is 0.670. The summed E-state index contributed by atoms with van der Waals surface area (Å²) in [5.41, 5.74) is -0.981. The van der Waals surface area contributed by atoms with E-state index in [0.717, 1.165) is 0 Å². The molecule has 20 heavy (non-hydrogen) atoms. The second kappa shape index (κ2) is 6.83. The summed E-state index contributed by atoms with van der Waals surface area (Å²) in [5, 5.41) is 14.3. The van der Waals surface area contributed by atoms with Crippen LogP contribution in [0.5, 0.6) is 0 Å². The Kier molecular flexibility index (Phi) is 5.67. The fourth-order valence-electron chi connectivity index (χ4n) is 1.98. The van der Waals surface area contributed by atoms with Crippen LogP contribution >= 0.6 is 11.8 Å². The average molecular weight is 303 g/mol. The number of carbonyl (C=O) groups is 3. The van der Waals surface area contributed by atoms with Gasteiger partial charge in [-0.2, -0.15) is 11.8 Å². The highest BCUT2D eigenvalue weighted by Gasteiger charge is 2.41. The number of urea groups is 1. The van der Waals surface area contributed by atoms with Crippen LogP contribution in [0.25, 0.3) is 0 Å². The molecule has 0 aromatic rings. The summed E-state index contributed by atoms with van der Waals surface area (Å²) < 4.78 is 0. The number of nitrogens with zero attached hydrogens (tertiary/aromatic N) is 1. The Bertz CT molecular complexity index is 400. The van der Waals surface area contributed by atoms with Crippen molar-refractivity contribution in [1.82, 2.24) is 15.5 Å². The van der Waals surface area contributed by atoms with E-state index in [1.54, 1.807) is 13.8 Å². The van der Waals surface area contributed by atoms with Gasteiger partial charge in [-0.05, 0) is 32.3 Å². The second-order valence-electron chi connectivity index (χ2n) is 5.09. The van der Waals surface area contributed by atoms with Crippen LogP contribution < -0.4 is 10.6 Å². The highest BCUT2D eigenvalue weighted by Crippen LogP contribution is 2.18. The summed E-state index contributed by atoms with van der Waals surface area (Å²) in [6.07, 6.45) is 2.22. The first-order valence-electron chi connectivity index (χ1n) is 6.39. The smallest absolute Gasteiger partial charge is 0.326 e. The summed E-state index contributed by atoms with van der Waals surface area (Å²) in [6, 6.07) is -1.45. The minimum Gasteiger partial charge on any atom is -0.480 e. The number of nitrogens with one attached hydrogen (secondary N) is 2. The molecule has 114 valence electrons. The van der Waals surface area contributed by atoms with E-state index in [9.17, 15) is 14.4 Å². The summed E-state index contributed by atoms with van der Waals surface area (Å²) in [7, 11) is 0. The van der Waals surface area contributed by atoms with Gasteiger partial charge in [0, 0.05) is 13.1 Å². The monoisotopic (exact) mass is 303 g/mol. The minimum absolute atomic E-state index is 0.241. The van der Waals surface area contributed by atoms with E-state index < -0.39 is 23.6 Å². The number of carbonyl (C=O) groups excluding carboxylic acids is 2. The molecule has 0 bridgehead atoms. The molecule has 1 saturated heterocycles. The van der Waals surface area contributed by atoms with Crippen LogP contribution in [0.15, 0.2) is 0 Å². The van der Waals surface area contributed by atoms with Crippen LogP contribution in [0.1, 0.15) is 20.3 Å². The SMILES string of the molecule is CSCCC(NC(=O)N1CCNC(=O)C1(C)C)C(=O)O. The third kappa shape index (κ3) is 3.78. The first-order valence-corrected chi connectivity index (χ1v) is 7.78. The lowest BCUT2D eigenvalue weighted by Gasteiger charge is -2.41. The molecule has 0 spiro atoms. The van der Waals surface area contributed by atoms with E-state index in [4.69, 9.17) is 5.11 Å². The van der Waals surface area contributed by atoms with Gasteiger partial charge in [0.25, 0.3) is 0 Å². The molecule has 0 aromatic carbocycles. The van der Waals surface area contributed by atoms with Crippen molar-refractivity contribution in [2.45, 2.75) is 31.8 Å². The molecule has 1 rings (SSSR count). The number of aliphatic carboxylic acids is 1. The molecule has 1 heterocycles. The first kappa shape index (κ1) is 16.6. The maximum absolute atomic E-state index is 12.2. The number of hydrogen-bond acceptors (Lipinski definition) is 4. The molecule has 1 aliphatic heterocycles. The molecule has 8 heteroatoms. The highest BCUT2D eigenvalue weighted by molar-refractivity contribution is 7.98. The fraction of sp³-hybridized carbons (Fsp3) is 0.750. The van der Waals surface area contributed by atoms with E-state index in [1.165, 1.54) is 16.7 Å². The predicted octanol–water partition coefficient (Wildman–Crippen LogP) is 0.113. The van der Waals surface area contributed by atoms with Crippen molar-refractivity contribution in [3.63, 3.8) is 0 Å². The molecule has 0 saturated carbocycles. The normalized spacial score (nSPS) is 19.1. The standard InChI is InChI=1S/C12H21N3O4S/c1-12(2)10(18)13-5-6-15(12)11(19)14-8(9(16)17)4-7-20-3/h8H,4-7H2,1-3H3,(H,13,18)(H,14,19)(H,16,17). The van der Waals surface area contributed by atoms with Gasteiger partial charge in [-0.1, -0.05) is 0 Å². The number of amides is 3. The van der Waals surface area contributed by atoms with Gasteiger partial charge in [0.05, 0.1) is 0 Å². The number of piperazine rings is 1. The van der Waals surface area contributed by atoms with Gasteiger partial charge < -0.3 is 20.6 Å². The molecular formula is C12H21N3O4S. The van der Waals surface area contributed by atoms with Crippen molar-refractivity contribution in [3.05, 3.63) is 0 Å². The van der Waals surface area contributed by atoms with Crippen LogP contribution in [0, 0.1) is 0 Å². The maximum atomic E-state index is 12.2. The zero-order valence-corrected chi connectivity index (χ0v) is 12.7.